The van der Waals surface area contributed by atoms with Crippen LogP contribution in [0.2, 0.25) is 5.02 Å². The van der Waals surface area contributed by atoms with E-state index in [-0.39, 0.29) is 11.9 Å². The summed E-state index contributed by atoms with van der Waals surface area (Å²) in [7, 11) is 0. The van der Waals surface area contributed by atoms with Gasteiger partial charge in [0, 0.05) is 16.1 Å². The molecule has 1 unspecified atom stereocenters. The molecule has 114 valence electrons. The van der Waals surface area contributed by atoms with Gasteiger partial charge in [-0.05, 0) is 24.6 Å². The van der Waals surface area contributed by atoms with Crippen molar-refractivity contribution in [2.24, 2.45) is 0 Å². The predicted octanol–water partition coefficient (Wildman–Crippen LogP) is 3.87. The second kappa shape index (κ2) is 5.25. The number of amides is 1. The molecule has 23 heavy (non-hydrogen) atoms. The number of nitrogens with zero attached hydrogens (tertiary/aromatic N) is 1. The van der Waals surface area contributed by atoms with Gasteiger partial charge in [0.2, 0.25) is 0 Å². The molecule has 4 nitrogen and oxygen atoms in total. The molecular formula is C18H14ClN3O. The number of hydrogen-bond donors (Lipinski definition) is 2. The van der Waals surface area contributed by atoms with E-state index in [1.165, 1.54) is 5.56 Å². The van der Waals surface area contributed by atoms with Crippen LogP contribution in [-0.4, -0.2) is 16.1 Å². The molecule has 0 bridgehead atoms. The molecule has 3 aromatic rings. The summed E-state index contributed by atoms with van der Waals surface area (Å²) in [5.74, 6) is -0.134. The van der Waals surface area contributed by atoms with Crippen LogP contribution >= 0.6 is 11.6 Å². The van der Waals surface area contributed by atoms with E-state index in [0.717, 1.165) is 22.4 Å². The van der Waals surface area contributed by atoms with Gasteiger partial charge in [-0.1, -0.05) is 53.6 Å². The Kier molecular flexibility index (Phi) is 3.20. The summed E-state index contributed by atoms with van der Waals surface area (Å²) in [5, 5.41) is 10.9. The third kappa shape index (κ3) is 2.32. The van der Waals surface area contributed by atoms with Crippen LogP contribution in [0.3, 0.4) is 0 Å². The largest absolute Gasteiger partial charge is 0.340 e. The van der Waals surface area contributed by atoms with Crippen molar-refractivity contribution in [3.05, 3.63) is 75.9 Å². The molecule has 0 radical (unpaired) electrons. The zero-order chi connectivity index (χ0) is 16.0. The third-order valence-corrected chi connectivity index (χ3v) is 4.38. The number of rotatable bonds is 2. The number of carbonyl (C=O) groups excluding carboxylic acids is 1. The average Bonchev–Trinajstić information content (AvgIpc) is 3.11. The van der Waals surface area contributed by atoms with Crippen LogP contribution in [-0.2, 0) is 0 Å². The number of benzene rings is 2. The van der Waals surface area contributed by atoms with Crippen molar-refractivity contribution in [3.63, 3.8) is 0 Å². The number of carbonyl (C=O) groups is 1. The summed E-state index contributed by atoms with van der Waals surface area (Å²) < 4.78 is 0. The lowest BCUT2D eigenvalue weighted by molar-refractivity contribution is 0.0955. The number of aryl methyl sites for hydroxylation is 1. The van der Waals surface area contributed by atoms with Gasteiger partial charge in [0.1, 0.15) is 5.69 Å². The average molecular weight is 324 g/mol. The molecule has 1 atom stereocenters. The highest BCUT2D eigenvalue weighted by Gasteiger charge is 2.35. The molecule has 1 aliphatic heterocycles. The molecule has 1 amide bonds. The Morgan fingerprint density at radius 3 is 2.43 bits per heavy atom. The number of aromatic nitrogens is 2. The van der Waals surface area contributed by atoms with Crippen LogP contribution in [0.15, 0.2) is 48.5 Å². The molecule has 2 N–H and O–H groups in total. The van der Waals surface area contributed by atoms with E-state index in [9.17, 15) is 4.79 Å². The number of halogens is 1. The lowest BCUT2D eigenvalue weighted by Crippen LogP contribution is -2.21. The first-order chi connectivity index (χ1) is 11.1. The predicted molar refractivity (Wildman–Crippen MR) is 89.5 cm³/mol. The van der Waals surface area contributed by atoms with Crippen molar-refractivity contribution in [1.82, 2.24) is 15.5 Å². The van der Waals surface area contributed by atoms with E-state index in [4.69, 9.17) is 11.6 Å². The smallest absolute Gasteiger partial charge is 0.270 e. The summed E-state index contributed by atoms with van der Waals surface area (Å²) in [6, 6.07) is 15.4. The Balaban J connectivity index is 1.84. The van der Waals surface area contributed by atoms with Crippen LogP contribution in [0.1, 0.15) is 33.2 Å². The number of aromatic amines is 1. The molecule has 0 spiro atoms. The summed E-state index contributed by atoms with van der Waals surface area (Å²) in [6.07, 6.45) is 0. The molecule has 2 heterocycles. The van der Waals surface area contributed by atoms with Crippen LogP contribution in [0.25, 0.3) is 11.3 Å². The maximum Gasteiger partial charge on any atom is 0.270 e. The minimum Gasteiger partial charge on any atom is -0.340 e. The van der Waals surface area contributed by atoms with E-state index in [1.807, 2.05) is 55.5 Å². The fraction of sp³-hybridized carbons (Fsp3) is 0.111. The molecule has 1 aliphatic rings. The van der Waals surface area contributed by atoms with Crippen molar-refractivity contribution in [3.8, 4) is 11.3 Å². The van der Waals surface area contributed by atoms with Gasteiger partial charge in [-0.2, -0.15) is 5.10 Å². The summed E-state index contributed by atoms with van der Waals surface area (Å²) in [5.41, 5.74) is 5.38. The van der Waals surface area contributed by atoms with Crippen molar-refractivity contribution < 1.29 is 4.79 Å². The molecule has 2 aromatic carbocycles. The maximum absolute atomic E-state index is 12.2. The van der Waals surface area contributed by atoms with Crippen molar-refractivity contribution in [2.45, 2.75) is 13.0 Å². The third-order valence-electron chi connectivity index (χ3n) is 4.12. The molecule has 0 aliphatic carbocycles. The normalized spacial score (nSPS) is 16.3. The SMILES string of the molecule is Cc1ccc(-c2n[nH]c3c2C(c2ccc(Cl)cc2)NC3=O)cc1. The topological polar surface area (TPSA) is 57.8 Å². The van der Waals surface area contributed by atoms with E-state index < -0.39 is 0 Å². The zero-order valence-corrected chi connectivity index (χ0v) is 13.2. The minimum atomic E-state index is -0.218. The minimum absolute atomic E-state index is 0.134. The van der Waals surface area contributed by atoms with E-state index in [0.29, 0.717) is 10.7 Å². The lowest BCUT2D eigenvalue weighted by Gasteiger charge is -2.13. The Hall–Kier alpha value is -2.59. The Bertz CT molecular complexity index is 882. The Morgan fingerprint density at radius 1 is 1.04 bits per heavy atom. The van der Waals surface area contributed by atoms with Gasteiger partial charge in [-0.3, -0.25) is 9.89 Å². The molecule has 5 heteroatoms. The standard InChI is InChI=1S/C18H14ClN3O/c1-10-2-4-12(5-3-10)16-14-15(11-6-8-13(19)9-7-11)20-18(23)17(14)22-21-16/h2-9,15H,1H3,(H,20,23)(H,21,22). The second-order valence-corrected chi connectivity index (χ2v) is 6.12. The lowest BCUT2D eigenvalue weighted by atomic mass is 9.96. The first-order valence-electron chi connectivity index (χ1n) is 7.35. The van der Waals surface area contributed by atoms with Gasteiger partial charge in [0.05, 0.1) is 11.7 Å². The fourth-order valence-electron chi connectivity index (χ4n) is 2.92. The van der Waals surface area contributed by atoms with Gasteiger partial charge >= 0.3 is 0 Å². The first-order valence-corrected chi connectivity index (χ1v) is 7.73. The molecule has 1 aromatic heterocycles. The highest BCUT2D eigenvalue weighted by molar-refractivity contribution is 6.30. The van der Waals surface area contributed by atoms with E-state index in [2.05, 4.69) is 15.5 Å². The molecular weight excluding hydrogens is 310 g/mol. The number of fused-ring (bicyclic) bond motifs is 1. The highest BCUT2D eigenvalue weighted by Crippen LogP contribution is 2.37. The van der Waals surface area contributed by atoms with Gasteiger partial charge in [0.15, 0.2) is 0 Å². The first kappa shape index (κ1) is 14.0. The Morgan fingerprint density at radius 2 is 1.74 bits per heavy atom. The van der Waals surface area contributed by atoms with Crippen LogP contribution < -0.4 is 5.32 Å². The van der Waals surface area contributed by atoms with Crippen LogP contribution in [0.4, 0.5) is 0 Å². The number of H-pyrrole nitrogens is 1. The molecule has 0 saturated heterocycles. The van der Waals surface area contributed by atoms with Gasteiger partial charge < -0.3 is 5.32 Å². The summed E-state index contributed by atoms with van der Waals surface area (Å²) in [4.78, 5) is 12.2. The van der Waals surface area contributed by atoms with Gasteiger partial charge in [-0.25, -0.2) is 0 Å². The van der Waals surface area contributed by atoms with Gasteiger partial charge in [0.25, 0.3) is 5.91 Å². The Labute approximate surface area is 138 Å². The second-order valence-electron chi connectivity index (χ2n) is 5.68. The van der Waals surface area contributed by atoms with E-state index in [1.54, 1.807) is 0 Å². The molecule has 0 saturated carbocycles. The van der Waals surface area contributed by atoms with Crippen LogP contribution in [0, 0.1) is 6.92 Å². The van der Waals surface area contributed by atoms with Crippen molar-refractivity contribution >= 4 is 17.5 Å². The quantitative estimate of drug-likeness (QED) is 0.752. The van der Waals surface area contributed by atoms with Crippen LogP contribution in [0.5, 0.6) is 0 Å². The van der Waals surface area contributed by atoms with Crippen molar-refractivity contribution in [2.75, 3.05) is 0 Å². The van der Waals surface area contributed by atoms with Gasteiger partial charge in [-0.15, -0.1) is 0 Å². The summed E-state index contributed by atoms with van der Waals surface area (Å²) in [6.45, 7) is 2.04. The van der Waals surface area contributed by atoms with Crippen molar-refractivity contribution in [1.29, 1.82) is 0 Å². The highest BCUT2D eigenvalue weighted by atomic mass is 35.5. The monoisotopic (exact) mass is 323 g/mol. The molecule has 4 rings (SSSR count). The summed E-state index contributed by atoms with van der Waals surface area (Å²) >= 11 is 5.96. The zero-order valence-electron chi connectivity index (χ0n) is 12.4. The molecule has 0 fully saturated rings. The number of hydrogen-bond acceptors (Lipinski definition) is 2. The van der Waals surface area contributed by atoms with E-state index >= 15 is 0 Å². The number of nitrogens with one attached hydrogen (secondary N) is 2. The fourth-order valence-corrected chi connectivity index (χ4v) is 3.04. The maximum atomic E-state index is 12.2.